The van der Waals surface area contributed by atoms with Crippen LogP contribution in [-0.4, -0.2) is 221 Å². The van der Waals surface area contributed by atoms with E-state index >= 15 is 8.78 Å². The van der Waals surface area contributed by atoms with Gasteiger partial charge in [-0.05, 0) is 5.56 Å². The summed E-state index contributed by atoms with van der Waals surface area (Å²) in [6.07, 6.45) is -9.83. The summed E-state index contributed by atoms with van der Waals surface area (Å²) in [5.41, 5.74) is -0.612. The second-order valence-corrected chi connectivity index (χ2v) is 17.0. The summed E-state index contributed by atoms with van der Waals surface area (Å²) >= 11 is 0. The highest BCUT2D eigenvalue weighted by Gasteiger charge is 2.96. The maximum Gasteiger partial charge on any atom is 0.460 e. The number of amides is 1. The van der Waals surface area contributed by atoms with Gasteiger partial charge in [0.2, 0.25) is 5.91 Å². The van der Waals surface area contributed by atoms with Crippen LogP contribution in [0.15, 0.2) is 30.3 Å². The van der Waals surface area contributed by atoms with Crippen molar-refractivity contribution < 1.29 is 123 Å². The molecule has 1 atom stereocenters. The lowest BCUT2D eigenvalue weighted by atomic mass is 9.91. The van der Waals surface area contributed by atoms with Gasteiger partial charge >= 0.3 is 64.9 Å². The van der Waals surface area contributed by atoms with Gasteiger partial charge in [-0.15, -0.1) is 0 Å². The third kappa shape index (κ3) is 13.3. The van der Waals surface area contributed by atoms with Crippen LogP contribution in [0.2, 0.25) is 0 Å². The first-order chi connectivity index (χ1) is 30.7. The number of rotatable bonds is 22. The van der Waals surface area contributed by atoms with Gasteiger partial charge in [-0.25, -0.2) is 8.42 Å². The van der Waals surface area contributed by atoms with Gasteiger partial charge in [0, 0.05) is 72.0 Å². The third-order valence-electron chi connectivity index (χ3n) is 9.89. The Hall–Kier alpha value is -4.38. The van der Waals surface area contributed by atoms with Gasteiger partial charge in [0.15, 0.2) is 0 Å². The Balaban J connectivity index is 2.45. The highest BCUT2D eigenvalue weighted by Crippen LogP contribution is 2.64. The van der Waals surface area contributed by atoms with Crippen molar-refractivity contribution in [3.05, 3.63) is 35.9 Å². The number of carboxylic acid groups (broad SMARTS) is 3. The van der Waals surface area contributed by atoms with Crippen LogP contribution >= 0.6 is 0 Å². The highest BCUT2D eigenvalue weighted by atomic mass is 32.2. The lowest BCUT2D eigenvalue weighted by Crippen LogP contribution is -2.75. The largest absolute Gasteiger partial charge is 0.480 e. The molecule has 0 radical (unpaired) electrons. The second-order valence-electron chi connectivity index (χ2n) is 15.0. The quantitative estimate of drug-likeness (QED) is 0.106. The van der Waals surface area contributed by atoms with Gasteiger partial charge in [-0.3, -0.25) is 38.8 Å². The minimum absolute atomic E-state index is 0.0215. The maximum atomic E-state index is 15.3. The normalized spacial score (nSPS) is 17.9. The molecule has 16 nitrogen and oxygen atoms in total. The van der Waals surface area contributed by atoms with Crippen molar-refractivity contribution in [2.24, 2.45) is 0 Å². The number of benzene rings is 1. The molecule has 0 saturated carbocycles. The minimum Gasteiger partial charge on any atom is -0.480 e. The molecule has 0 aliphatic carbocycles. The van der Waals surface area contributed by atoms with Crippen LogP contribution in [0.3, 0.4) is 0 Å². The fourth-order valence-corrected chi connectivity index (χ4v) is 7.49. The van der Waals surface area contributed by atoms with Crippen molar-refractivity contribution in [3.63, 3.8) is 0 Å². The van der Waals surface area contributed by atoms with Crippen LogP contribution in [0.5, 0.6) is 0 Å². The molecule has 1 heterocycles. The molecule has 1 aromatic carbocycles. The van der Waals surface area contributed by atoms with Crippen molar-refractivity contribution in [1.82, 2.24) is 29.2 Å². The van der Waals surface area contributed by atoms with Gasteiger partial charge in [0.25, 0.3) is 10.0 Å². The van der Waals surface area contributed by atoms with E-state index in [0.29, 0.717) is 0 Å². The average Bonchev–Trinajstić information content (AvgIpc) is 3.19. The summed E-state index contributed by atoms with van der Waals surface area (Å²) in [6, 6.07) is 4.66. The molecule has 1 unspecified atom stereocenters. The molecule has 0 bridgehead atoms. The first kappa shape index (κ1) is 59.7. The van der Waals surface area contributed by atoms with Crippen molar-refractivity contribution in [3.8, 4) is 0 Å². The zero-order chi connectivity index (χ0) is 52.7. The predicted molar refractivity (Wildman–Crippen MR) is 194 cm³/mol. The van der Waals surface area contributed by atoms with E-state index in [-0.39, 0.29) is 52.4 Å². The second kappa shape index (κ2) is 22.1. The van der Waals surface area contributed by atoms with E-state index in [9.17, 15) is 114 Å². The van der Waals surface area contributed by atoms with Crippen LogP contribution in [0, 0.1) is 0 Å². The van der Waals surface area contributed by atoms with Gasteiger partial charge in [0.1, 0.15) is 0 Å². The number of halogens is 17. The van der Waals surface area contributed by atoms with Crippen molar-refractivity contribution in [2.75, 3.05) is 91.6 Å². The fourth-order valence-electron chi connectivity index (χ4n) is 6.11. The summed E-state index contributed by atoms with van der Waals surface area (Å²) in [6.45, 7) is -8.01. The van der Waals surface area contributed by atoms with Crippen LogP contribution in [0.4, 0.5) is 74.6 Å². The molecule has 1 fully saturated rings. The standard InChI is InChI=1S/C34H41F17N6O10S/c35-27(36,29(39,40)31(43,44)33(47,48)49)28(37,38)30(41,42)32(45,46)34(50,51)68(66,67)57(15-21-4-2-1-3-5-21)17-23(59)52-14-22(58)16-53-6-8-54(18-24(60)61)10-12-56(20-26(64)65)13-11-55(9-7-53)19-25(62)63/h1-5,22,58H,6-20H2,(H,52,59)(H,60,61)(H,62,63)(H,64,65). The lowest BCUT2D eigenvalue weighted by molar-refractivity contribution is -0.458. The molecule has 2 rings (SSSR count). The topological polar surface area (TPSA) is 212 Å². The number of carbonyl (C=O) groups is 4. The molecule has 0 spiro atoms. The van der Waals surface area contributed by atoms with Gasteiger partial charge in [0.05, 0.1) is 32.3 Å². The number of aliphatic hydroxyl groups excluding tert-OH is 1. The van der Waals surface area contributed by atoms with Crippen molar-refractivity contribution >= 4 is 33.8 Å². The summed E-state index contributed by atoms with van der Waals surface area (Å²) < 4.78 is 263. The maximum absolute atomic E-state index is 15.3. The zero-order valence-electron chi connectivity index (χ0n) is 34.4. The third-order valence-corrected chi connectivity index (χ3v) is 11.7. The summed E-state index contributed by atoms with van der Waals surface area (Å²) in [5, 5.41) is 32.6. The van der Waals surface area contributed by atoms with Gasteiger partial charge in [-0.2, -0.15) is 78.9 Å². The number of carbonyl (C=O) groups excluding carboxylic acids is 1. The van der Waals surface area contributed by atoms with E-state index in [1.807, 2.05) is 0 Å². The molecule has 0 aromatic heterocycles. The van der Waals surface area contributed by atoms with Crippen LogP contribution < -0.4 is 5.32 Å². The molecule has 68 heavy (non-hydrogen) atoms. The number of hydrogen-bond donors (Lipinski definition) is 5. The number of hydrogen-bond acceptors (Lipinski definition) is 11. The predicted octanol–water partition coefficient (Wildman–Crippen LogP) is 2.74. The summed E-state index contributed by atoms with van der Waals surface area (Å²) in [5.74, 6) is -58.8. The molecule has 34 heteroatoms. The van der Waals surface area contributed by atoms with Crippen molar-refractivity contribution in [1.29, 1.82) is 0 Å². The first-order valence-corrected chi connectivity index (χ1v) is 20.4. The molecule has 1 saturated heterocycles. The molecule has 5 N–H and O–H groups in total. The summed E-state index contributed by atoms with van der Waals surface area (Å²) in [7, 11) is -7.93. The molecule has 1 aromatic rings. The number of aliphatic hydroxyl groups is 1. The Morgan fingerprint density at radius 3 is 1.25 bits per heavy atom. The average molecular weight is 1050 g/mol. The van der Waals surface area contributed by atoms with Gasteiger partial charge in [-0.1, -0.05) is 30.3 Å². The first-order valence-electron chi connectivity index (χ1n) is 19.0. The SMILES string of the molecule is O=C(O)CN1CCN(CC(=O)O)CCN(CC(O)CNC(=O)CN(Cc2ccccc2)S(=O)(=O)C(F)(F)C(F)(F)C(F)(F)C(F)(F)C(F)(F)C(F)(F)C(F)(F)C(F)(F)F)CCN(CC(=O)O)CC1. The Morgan fingerprint density at radius 1 is 0.559 bits per heavy atom. The molecule has 1 amide bonds. The van der Waals surface area contributed by atoms with E-state index in [1.54, 1.807) is 5.32 Å². The molecule has 392 valence electrons. The van der Waals surface area contributed by atoms with E-state index in [1.165, 1.54) is 19.6 Å². The Bertz CT molecular complexity index is 1970. The van der Waals surface area contributed by atoms with Crippen molar-refractivity contribution in [2.45, 2.75) is 59.6 Å². The van der Waals surface area contributed by atoms with Crippen LogP contribution in [-0.2, 0) is 35.7 Å². The number of sulfonamides is 1. The number of carboxylic acids is 3. The number of β-amino-alcohol motifs (C(OH)–C–C–N with tert-alkyl or cyclic N) is 1. The van der Waals surface area contributed by atoms with E-state index < -0.39 is 143 Å². The molecule has 1 aliphatic heterocycles. The lowest BCUT2D eigenvalue weighted by Gasteiger charge is -2.43. The molecular weight excluding hydrogens is 1010 g/mol. The molecule has 1 aliphatic rings. The number of nitrogens with zero attached hydrogens (tertiary/aromatic N) is 5. The van der Waals surface area contributed by atoms with E-state index in [2.05, 4.69) is 0 Å². The van der Waals surface area contributed by atoms with E-state index in [4.69, 9.17) is 0 Å². The number of nitrogens with one attached hydrogen (secondary N) is 1. The van der Waals surface area contributed by atoms with E-state index in [0.717, 1.165) is 30.3 Å². The number of alkyl halides is 17. The molecular formula is C34H41F17N6O10S. The Morgan fingerprint density at radius 2 is 0.897 bits per heavy atom. The summed E-state index contributed by atoms with van der Waals surface area (Å²) in [4.78, 5) is 52.8. The monoisotopic (exact) mass is 1050 g/mol. The van der Waals surface area contributed by atoms with Gasteiger partial charge < -0.3 is 25.7 Å². The zero-order valence-corrected chi connectivity index (χ0v) is 35.2. The Labute approximate surface area is 372 Å². The minimum atomic E-state index is -9.08. The van der Waals surface area contributed by atoms with Crippen LogP contribution in [0.1, 0.15) is 5.56 Å². The smallest absolute Gasteiger partial charge is 0.460 e. The number of aliphatic carboxylic acids is 3. The van der Waals surface area contributed by atoms with Crippen LogP contribution in [0.25, 0.3) is 0 Å². The Kier molecular flexibility index (Phi) is 19.5. The fraction of sp³-hybridized carbons (Fsp3) is 0.706. The highest BCUT2D eigenvalue weighted by molar-refractivity contribution is 7.90.